The molecule has 2 aromatic rings. The van der Waals surface area contributed by atoms with E-state index in [2.05, 4.69) is 0 Å². The first-order valence-electron chi connectivity index (χ1n) is 5.66. The smallest absolute Gasteiger partial charge is 0.212 e. The summed E-state index contributed by atoms with van der Waals surface area (Å²) in [6.45, 7) is 2.02. The van der Waals surface area contributed by atoms with Crippen molar-refractivity contribution in [2.75, 3.05) is 7.11 Å². The molecule has 0 fully saturated rings. The molecule has 0 heterocycles. The molecule has 0 aliphatic carbocycles. The lowest BCUT2D eigenvalue weighted by Gasteiger charge is -2.07. The van der Waals surface area contributed by atoms with E-state index in [1.165, 1.54) is 7.11 Å². The van der Waals surface area contributed by atoms with Crippen molar-refractivity contribution in [3.63, 3.8) is 0 Å². The van der Waals surface area contributed by atoms with Gasteiger partial charge in [0.2, 0.25) is 5.90 Å². The first-order valence-corrected chi connectivity index (χ1v) is 5.66. The number of ether oxygens (including phenoxy) is 2. The zero-order chi connectivity index (χ0) is 13.0. The van der Waals surface area contributed by atoms with E-state index in [0.717, 1.165) is 22.6 Å². The van der Waals surface area contributed by atoms with Crippen molar-refractivity contribution in [3.8, 4) is 11.5 Å². The summed E-state index contributed by atoms with van der Waals surface area (Å²) in [6.07, 6.45) is 0. The lowest BCUT2D eigenvalue weighted by Crippen LogP contribution is -2.00. The van der Waals surface area contributed by atoms with Crippen LogP contribution in [0.5, 0.6) is 11.5 Å². The molecule has 1 N–H and O–H groups in total. The van der Waals surface area contributed by atoms with Crippen LogP contribution in [0.15, 0.2) is 48.5 Å². The van der Waals surface area contributed by atoms with Crippen LogP contribution in [-0.4, -0.2) is 13.0 Å². The third-order valence-corrected chi connectivity index (χ3v) is 2.55. The van der Waals surface area contributed by atoms with Gasteiger partial charge in [0.1, 0.15) is 11.5 Å². The molecule has 18 heavy (non-hydrogen) atoms. The Kier molecular flexibility index (Phi) is 3.63. The molecule has 2 aromatic carbocycles. The van der Waals surface area contributed by atoms with Crippen molar-refractivity contribution in [3.05, 3.63) is 59.7 Å². The third kappa shape index (κ3) is 2.88. The summed E-state index contributed by atoms with van der Waals surface area (Å²) in [4.78, 5) is 0. The van der Waals surface area contributed by atoms with Gasteiger partial charge >= 0.3 is 0 Å². The number of methoxy groups -OCH3 is 1. The summed E-state index contributed by atoms with van der Waals surface area (Å²) in [5, 5.41) is 7.54. The number of hydrogen-bond acceptors (Lipinski definition) is 3. The van der Waals surface area contributed by atoms with E-state index in [-0.39, 0.29) is 5.90 Å². The minimum absolute atomic E-state index is 0.150. The molecule has 0 aliphatic rings. The van der Waals surface area contributed by atoms with E-state index >= 15 is 0 Å². The SMILES string of the molecule is COC(=N)c1ccc(Oc2cccc(C)c2)cc1. The minimum Gasteiger partial charge on any atom is -0.481 e. The summed E-state index contributed by atoms with van der Waals surface area (Å²) in [5.41, 5.74) is 1.89. The zero-order valence-corrected chi connectivity index (χ0v) is 10.4. The van der Waals surface area contributed by atoms with Crippen LogP contribution in [0.25, 0.3) is 0 Å². The molecular weight excluding hydrogens is 226 g/mol. The van der Waals surface area contributed by atoms with Crippen LogP contribution in [0.3, 0.4) is 0 Å². The quantitative estimate of drug-likeness (QED) is 0.656. The van der Waals surface area contributed by atoms with E-state index in [4.69, 9.17) is 14.9 Å². The number of hydrogen-bond donors (Lipinski definition) is 1. The van der Waals surface area contributed by atoms with Crippen LogP contribution in [0.1, 0.15) is 11.1 Å². The first-order chi connectivity index (χ1) is 8.69. The Morgan fingerprint density at radius 2 is 1.72 bits per heavy atom. The van der Waals surface area contributed by atoms with E-state index in [1.54, 1.807) is 12.1 Å². The fraction of sp³-hybridized carbons (Fsp3) is 0.133. The van der Waals surface area contributed by atoms with E-state index < -0.39 is 0 Å². The molecular formula is C15H15NO2. The van der Waals surface area contributed by atoms with Crippen LogP contribution >= 0.6 is 0 Å². The molecule has 0 atom stereocenters. The molecule has 3 nitrogen and oxygen atoms in total. The van der Waals surface area contributed by atoms with Gasteiger partial charge in [0.25, 0.3) is 0 Å². The summed E-state index contributed by atoms with van der Waals surface area (Å²) in [6, 6.07) is 15.1. The topological polar surface area (TPSA) is 42.3 Å². The van der Waals surface area contributed by atoms with Crippen LogP contribution in [0.2, 0.25) is 0 Å². The molecule has 0 saturated carbocycles. The summed E-state index contributed by atoms with van der Waals surface area (Å²) in [7, 11) is 1.49. The molecule has 2 rings (SSSR count). The molecule has 0 amide bonds. The fourth-order valence-electron chi connectivity index (χ4n) is 1.61. The molecule has 0 spiro atoms. The van der Waals surface area contributed by atoms with Gasteiger partial charge in [-0.3, -0.25) is 5.41 Å². The second kappa shape index (κ2) is 5.36. The van der Waals surface area contributed by atoms with Gasteiger partial charge in [-0.15, -0.1) is 0 Å². The largest absolute Gasteiger partial charge is 0.481 e. The fourth-order valence-corrected chi connectivity index (χ4v) is 1.61. The maximum atomic E-state index is 7.54. The Balaban J connectivity index is 2.13. The van der Waals surface area contributed by atoms with Gasteiger partial charge < -0.3 is 9.47 Å². The van der Waals surface area contributed by atoms with Gasteiger partial charge in [0.05, 0.1) is 7.11 Å². The van der Waals surface area contributed by atoms with Crippen LogP contribution in [0.4, 0.5) is 0 Å². The summed E-state index contributed by atoms with van der Waals surface area (Å²) < 4.78 is 10.6. The number of rotatable bonds is 3. The van der Waals surface area contributed by atoms with Crippen molar-refractivity contribution >= 4 is 5.90 Å². The maximum absolute atomic E-state index is 7.54. The molecule has 0 saturated heterocycles. The molecule has 0 unspecified atom stereocenters. The highest BCUT2D eigenvalue weighted by molar-refractivity contribution is 5.91. The predicted octanol–water partition coefficient (Wildman–Crippen LogP) is 3.76. The van der Waals surface area contributed by atoms with Gasteiger partial charge in [0, 0.05) is 5.56 Å². The average Bonchev–Trinajstić information content (AvgIpc) is 2.39. The second-order valence-electron chi connectivity index (χ2n) is 3.98. The highest BCUT2D eigenvalue weighted by atomic mass is 16.5. The molecule has 0 aliphatic heterocycles. The van der Waals surface area contributed by atoms with Gasteiger partial charge in [-0.25, -0.2) is 0 Å². The van der Waals surface area contributed by atoms with E-state index in [0.29, 0.717) is 0 Å². The number of nitrogens with one attached hydrogen (secondary N) is 1. The normalized spacial score (nSPS) is 9.89. The van der Waals surface area contributed by atoms with Crippen molar-refractivity contribution in [1.29, 1.82) is 5.41 Å². The Bertz CT molecular complexity index is 547. The van der Waals surface area contributed by atoms with Crippen LogP contribution < -0.4 is 4.74 Å². The minimum atomic E-state index is 0.150. The Morgan fingerprint density at radius 1 is 1.00 bits per heavy atom. The predicted molar refractivity (Wildman–Crippen MR) is 71.5 cm³/mol. The van der Waals surface area contributed by atoms with Crippen LogP contribution in [-0.2, 0) is 4.74 Å². The van der Waals surface area contributed by atoms with Gasteiger partial charge in [-0.1, -0.05) is 12.1 Å². The van der Waals surface area contributed by atoms with Gasteiger partial charge in [0.15, 0.2) is 0 Å². The van der Waals surface area contributed by atoms with E-state index in [9.17, 15) is 0 Å². The Morgan fingerprint density at radius 3 is 2.33 bits per heavy atom. The average molecular weight is 241 g/mol. The lowest BCUT2D eigenvalue weighted by molar-refractivity contribution is 0.401. The van der Waals surface area contributed by atoms with Gasteiger partial charge in [-0.05, 0) is 48.9 Å². The second-order valence-corrected chi connectivity index (χ2v) is 3.98. The molecule has 0 bridgehead atoms. The van der Waals surface area contributed by atoms with E-state index in [1.807, 2.05) is 43.3 Å². The number of aryl methyl sites for hydroxylation is 1. The molecule has 0 radical (unpaired) electrons. The van der Waals surface area contributed by atoms with Crippen molar-refractivity contribution < 1.29 is 9.47 Å². The zero-order valence-electron chi connectivity index (χ0n) is 10.4. The lowest BCUT2D eigenvalue weighted by atomic mass is 10.2. The highest BCUT2D eigenvalue weighted by Crippen LogP contribution is 2.22. The van der Waals surface area contributed by atoms with Crippen LogP contribution in [0, 0.1) is 12.3 Å². The monoisotopic (exact) mass is 241 g/mol. The maximum Gasteiger partial charge on any atom is 0.212 e. The molecule has 0 aromatic heterocycles. The summed E-state index contributed by atoms with van der Waals surface area (Å²) >= 11 is 0. The van der Waals surface area contributed by atoms with Crippen molar-refractivity contribution in [2.45, 2.75) is 6.92 Å². The first kappa shape index (κ1) is 12.2. The molecule has 3 heteroatoms. The van der Waals surface area contributed by atoms with Gasteiger partial charge in [-0.2, -0.15) is 0 Å². The standard InChI is InChI=1S/C15H15NO2/c1-11-4-3-5-14(10-11)18-13-8-6-12(7-9-13)15(16)17-2/h3-10,16H,1-2H3. The highest BCUT2D eigenvalue weighted by Gasteiger charge is 2.02. The Labute approximate surface area is 106 Å². The Hall–Kier alpha value is -2.29. The summed E-state index contributed by atoms with van der Waals surface area (Å²) in [5.74, 6) is 1.70. The van der Waals surface area contributed by atoms with Crippen molar-refractivity contribution in [1.82, 2.24) is 0 Å². The van der Waals surface area contributed by atoms with Crippen molar-refractivity contribution in [2.24, 2.45) is 0 Å². The third-order valence-electron chi connectivity index (χ3n) is 2.55. The number of benzene rings is 2. The molecule has 92 valence electrons.